The van der Waals surface area contributed by atoms with Gasteiger partial charge in [0.15, 0.2) is 0 Å². The highest BCUT2D eigenvalue weighted by Gasteiger charge is 2.17. The molecular weight excluding hydrogens is 232 g/mol. The molecule has 0 aromatic heterocycles. The summed E-state index contributed by atoms with van der Waals surface area (Å²) in [5.41, 5.74) is 1.82. The average Bonchev–Trinajstić information content (AvgIpc) is 2.90. The number of amides is 1. The van der Waals surface area contributed by atoms with E-state index in [2.05, 4.69) is 17.6 Å². The van der Waals surface area contributed by atoms with Crippen LogP contribution in [0.1, 0.15) is 24.9 Å². The van der Waals surface area contributed by atoms with E-state index in [0.717, 1.165) is 17.9 Å². The molecule has 1 aliphatic heterocycles. The van der Waals surface area contributed by atoms with Crippen molar-refractivity contribution in [2.45, 2.75) is 19.4 Å². The molecule has 1 atom stereocenters. The number of carbonyl (C=O) groups is 1. The van der Waals surface area contributed by atoms with Gasteiger partial charge < -0.3 is 10.6 Å². The summed E-state index contributed by atoms with van der Waals surface area (Å²) in [7, 11) is 0. The van der Waals surface area contributed by atoms with Crippen LogP contribution in [0.3, 0.4) is 0 Å². The Hall–Kier alpha value is -1.42. The molecule has 1 aromatic carbocycles. The van der Waals surface area contributed by atoms with Crippen LogP contribution in [0.2, 0.25) is 0 Å². The molecule has 0 saturated heterocycles. The molecule has 1 unspecified atom stereocenters. The molecule has 2 rings (SSSR count). The van der Waals surface area contributed by atoms with Gasteiger partial charge in [0, 0.05) is 5.41 Å². The van der Waals surface area contributed by atoms with Gasteiger partial charge in [-0.1, -0.05) is 37.3 Å². The van der Waals surface area contributed by atoms with E-state index in [4.69, 9.17) is 0 Å². The zero-order valence-corrected chi connectivity index (χ0v) is 10.6. The van der Waals surface area contributed by atoms with Crippen LogP contribution in [0.25, 0.3) is 0 Å². The quantitative estimate of drug-likeness (QED) is 0.859. The van der Waals surface area contributed by atoms with Gasteiger partial charge in [0.05, 0.1) is 11.9 Å². The van der Waals surface area contributed by atoms with Gasteiger partial charge in [-0.2, -0.15) is 0 Å². The first kappa shape index (κ1) is 12.0. The first-order chi connectivity index (χ1) is 8.31. The third kappa shape index (κ3) is 3.03. The number of thioether (sulfide) groups is 1. The van der Waals surface area contributed by atoms with Crippen LogP contribution < -0.4 is 10.6 Å². The summed E-state index contributed by atoms with van der Waals surface area (Å²) in [5.74, 6) is 0.760. The first-order valence-corrected chi connectivity index (χ1v) is 6.77. The summed E-state index contributed by atoms with van der Waals surface area (Å²) in [6.45, 7) is 2.07. The maximum atomic E-state index is 11.9. The van der Waals surface area contributed by atoms with E-state index in [-0.39, 0.29) is 11.9 Å². The molecule has 3 nitrogen and oxygen atoms in total. The number of rotatable bonds is 4. The van der Waals surface area contributed by atoms with Gasteiger partial charge in [-0.25, -0.2) is 0 Å². The number of hydrogen-bond donors (Lipinski definition) is 2. The Morgan fingerprint density at radius 3 is 2.82 bits per heavy atom. The van der Waals surface area contributed by atoms with Crippen molar-refractivity contribution in [1.29, 1.82) is 0 Å². The highest BCUT2D eigenvalue weighted by Crippen LogP contribution is 2.18. The van der Waals surface area contributed by atoms with Crippen molar-refractivity contribution >= 4 is 17.7 Å². The number of carbonyl (C=O) groups excluding carboxylic acids is 1. The largest absolute Gasteiger partial charge is 0.371 e. The van der Waals surface area contributed by atoms with Crippen LogP contribution in [-0.2, 0) is 4.79 Å². The highest BCUT2D eigenvalue weighted by molar-refractivity contribution is 8.02. The predicted octanol–water partition coefficient (Wildman–Crippen LogP) is 2.39. The SMILES string of the molecule is CCC(NC(=O)C1=CSCN1)c1ccccc1. The highest BCUT2D eigenvalue weighted by atomic mass is 32.2. The maximum Gasteiger partial charge on any atom is 0.268 e. The molecule has 17 heavy (non-hydrogen) atoms. The fourth-order valence-electron chi connectivity index (χ4n) is 1.76. The van der Waals surface area contributed by atoms with Crippen molar-refractivity contribution in [2.75, 3.05) is 5.88 Å². The molecule has 0 aliphatic carbocycles. The second kappa shape index (κ2) is 5.77. The van der Waals surface area contributed by atoms with Crippen molar-refractivity contribution in [3.05, 3.63) is 47.0 Å². The fraction of sp³-hybridized carbons (Fsp3) is 0.308. The lowest BCUT2D eigenvalue weighted by atomic mass is 10.0. The summed E-state index contributed by atoms with van der Waals surface area (Å²) >= 11 is 1.61. The normalized spacial score (nSPS) is 15.9. The number of nitrogens with one attached hydrogen (secondary N) is 2. The van der Waals surface area contributed by atoms with Crippen molar-refractivity contribution in [3.63, 3.8) is 0 Å². The molecule has 1 aromatic rings. The molecule has 1 heterocycles. The summed E-state index contributed by atoms with van der Waals surface area (Å²) in [6.07, 6.45) is 0.885. The molecule has 90 valence electrons. The zero-order chi connectivity index (χ0) is 12.1. The topological polar surface area (TPSA) is 41.1 Å². The molecule has 2 N–H and O–H groups in total. The van der Waals surface area contributed by atoms with E-state index in [1.807, 2.05) is 35.7 Å². The van der Waals surface area contributed by atoms with Crippen molar-refractivity contribution in [3.8, 4) is 0 Å². The molecule has 1 aliphatic rings. The summed E-state index contributed by atoms with van der Waals surface area (Å²) in [5, 5.41) is 7.96. The lowest BCUT2D eigenvalue weighted by molar-refractivity contribution is -0.118. The van der Waals surface area contributed by atoms with Crippen LogP contribution >= 0.6 is 11.8 Å². The Labute approximate surface area is 106 Å². The van der Waals surface area contributed by atoms with Crippen molar-refractivity contribution in [2.24, 2.45) is 0 Å². The van der Waals surface area contributed by atoms with E-state index in [1.54, 1.807) is 11.8 Å². The minimum Gasteiger partial charge on any atom is -0.371 e. The maximum absolute atomic E-state index is 11.9. The lowest BCUT2D eigenvalue weighted by Gasteiger charge is -2.17. The van der Waals surface area contributed by atoms with E-state index < -0.39 is 0 Å². The van der Waals surface area contributed by atoms with Crippen LogP contribution in [0.4, 0.5) is 0 Å². The molecule has 4 heteroatoms. The minimum absolute atomic E-state index is 0.0225. The standard InChI is InChI=1S/C13H16N2OS/c1-2-11(10-6-4-3-5-7-10)15-13(16)12-8-17-9-14-12/h3-8,11,14H,2,9H2,1H3,(H,15,16). The predicted molar refractivity (Wildman–Crippen MR) is 71.3 cm³/mol. The van der Waals surface area contributed by atoms with Crippen LogP contribution in [0, 0.1) is 0 Å². The first-order valence-electron chi connectivity index (χ1n) is 5.72. The Morgan fingerprint density at radius 1 is 1.47 bits per heavy atom. The third-order valence-corrected chi connectivity index (χ3v) is 3.42. The molecule has 0 saturated carbocycles. The van der Waals surface area contributed by atoms with E-state index in [9.17, 15) is 4.79 Å². The summed E-state index contributed by atoms with van der Waals surface area (Å²) < 4.78 is 0. The van der Waals surface area contributed by atoms with Crippen LogP contribution in [0.15, 0.2) is 41.4 Å². The Morgan fingerprint density at radius 2 is 2.24 bits per heavy atom. The van der Waals surface area contributed by atoms with Gasteiger partial charge >= 0.3 is 0 Å². The molecule has 0 fully saturated rings. The number of hydrogen-bond acceptors (Lipinski definition) is 3. The Kier molecular flexibility index (Phi) is 4.09. The second-order valence-corrected chi connectivity index (χ2v) is 4.72. The summed E-state index contributed by atoms with van der Waals surface area (Å²) in [4.78, 5) is 11.9. The molecular formula is C13H16N2OS. The Bertz CT molecular complexity index is 417. The average molecular weight is 248 g/mol. The molecule has 0 radical (unpaired) electrons. The van der Waals surface area contributed by atoms with Crippen molar-refractivity contribution < 1.29 is 4.79 Å². The van der Waals surface area contributed by atoms with Gasteiger partial charge in [-0.15, -0.1) is 11.8 Å². The van der Waals surface area contributed by atoms with Gasteiger partial charge in [-0.05, 0) is 12.0 Å². The van der Waals surface area contributed by atoms with E-state index in [0.29, 0.717) is 5.70 Å². The van der Waals surface area contributed by atoms with E-state index >= 15 is 0 Å². The fourth-order valence-corrected chi connectivity index (χ4v) is 2.44. The van der Waals surface area contributed by atoms with Gasteiger partial charge in [0.2, 0.25) is 0 Å². The smallest absolute Gasteiger partial charge is 0.268 e. The van der Waals surface area contributed by atoms with Crippen molar-refractivity contribution in [1.82, 2.24) is 10.6 Å². The second-order valence-electron chi connectivity index (χ2n) is 3.86. The molecule has 0 bridgehead atoms. The Balaban J connectivity index is 2.03. The summed E-state index contributed by atoms with van der Waals surface area (Å²) in [6, 6.07) is 10.1. The van der Waals surface area contributed by atoms with Crippen LogP contribution in [-0.4, -0.2) is 11.8 Å². The molecule has 1 amide bonds. The lowest BCUT2D eigenvalue weighted by Crippen LogP contribution is -2.32. The van der Waals surface area contributed by atoms with Gasteiger partial charge in [0.25, 0.3) is 5.91 Å². The minimum atomic E-state index is -0.0225. The van der Waals surface area contributed by atoms with Gasteiger partial charge in [-0.3, -0.25) is 4.79 Å². The van der Waals surface area contributed by atoms with Crippen LogP contribution in [0.5, 0.6) is 0 Å². The number of benzene rings is 1. The third-order valence-electron chi connectivity index (χ3n) is 2.71. The zero-order valence-electron chi connectivity index (χ0n) is 9.77. The van der Waals surface area contributed by atoms with E-state index in [1.165, 1.54) is 0 Å². The van der Waals surface area contributed by atoms with Gasteiger partial charge in [0.1, 0.15) is 5.70 Å². The monoisotopic (exact) mass is 248 g/mol. The molecule has 0 spiro atoms.